The zero-order chi connectivity index (χ0) is 24.6. The summed E-state index contributed by atoms with van der Waals surface area (Å²) in [6.45, 7) is 13.6. The average Bonchev–Trinajstić information content (AvgIpc) is 2.82. The molecule has 35 heavy (non-hydrogen) atoms. The van der Waals surface area contributed by atoms with Gasteiger partial charge in [0.1, 0.15) is 18.5 Å². The highest BCUT2D eigenvalue weighted by atomic mass is 16.5. The molecule has 0 saturated carbocycles. The Bertz CT molecular complexity index is 1670. The van der Waals surface area contributed by atoms with E-state index in [0.717, 1.165) is 17.9 Å². The number of benzene rings is 4. The second kappa shape index (κ2) is 7.81. The Kier molecular flexibility index (Phi) is 4.93. The summed E-state index contributed by atoms with van der Waals surface area (Å²) in [6.07, 6.45) is 3.31. The van der Waals surface area contributed by atoms with Crippen molar-refractivity contribution in [1.82, 2.24) is 0 Å². The molecule has 1 aliphatic heterocycles. The number of pyridine rings is 1. The topological polar surface area (TPSA) is 13.1 Å². The summed E-state index contributed by atoms with van der Waals surface area (Å²) in [5.74, 6) is 3.09. The first-order valence-electron chi connectivity index (χ1n) is 12.9. The average molecular weight is 461 g/mol. The highest BCUT2D eigenvalue weighted by molar-refractivity contribution is 6.16. The zero-order valence-corrected chi connectivity index (χ0v) is 21.9. The molecule has 2 heteroatoms. The molecule has 0 N–H and O–H groups in total. The number of hydrogen-bond acceptors (Lipinski definition) is 1. The van der Waals surface area contributed by atoms with Crippen molar-refractivity contribution in [3.63, 3.8) is 0 Å². The van der Waals surface area contributed by atoms with E-state index in [0.29, 0.717) is 11.8 Å². The Labute approximate surface area is 208 Å². The molecule has 1 aromatic heterocycles. The van der Waals surface area contributed by atoms with Crippen LogP contribution in [0.15, 0.2) is 54.7 Å². The first kappa shape index (κ1) is 22.1. The van der Waals surface area contributed by atoms with E-state index < -0.39 is 0 Å². The number of ether oxygens (including phenoxy) is 1. The van der Waals surface area contributed by atoms with Gasteiger partial charge in [-0.15, -0.1) is 0 Å². The van der Waals surface area contributed by atoms with E-state index in [9.17, 15) is 0 Å². The third-order valence-corrected chi connectivity index (χ3v) is 7.82. The van der Waals surface area contributed by atoms with Crippen LogP contribution in [0.5, 0.6) is 11.5 Å². The van der Waals surface area contributed by atoms with Gasteiger partial charge >= 0.3 is 0 Å². The standard InChI is InChI=1S/C33H34NO/c1-18(2)14-22-8-11-25-21(6)33-30(20(5)27(25)15-22)32-31-26(12-13-34(32)7)28-16-23(19(3)4)9-10-24(28)17-29(31)35-33/h8-13,15-19H,14H2,1-7H3/q+1. The van der Waals surface area contributed by atoms with Crippen LogP contribution in [0.2, 0.25) is 0 Å². The molecule has 2 nitrogen and oxygen atoms in total. The van der Waals surface area contributed by atoms with Crippen molar-refractivity contribution >= 4 is 32.3 Å². The van der Waals surface area contributed by atoms with Crippen LogP contribution in [0.4, 0.5) is 0 Å². The summed E-state index contributed by atoms with van der Waals surface area (Å²) in [7, 11) is 2.16. The summed E-state index contributed by atoms with van der Waals surface area (Å²) in [5, 5.41) is 7.65. The molecule has 0 aliphatic carbocycles. The minimum Gasteiger partial charge on any atom is -0.455 e. The van der Waals surface area contributed by atoms with Gasteiger partial charge in [-0.25, -0.2) is 4.57 Å². The van der Waals surface area contributed by atoms with Crippen LogP contribution in [-0.4, -0.2) is 0 Å². The first-order chi connectivity index (χ1) is 16.7. The van der Waals surface area contributed by atoms with Crippen molar-refractivity contribution in [3.05, 3.63) is 77.0 Å². The summed E-state index contributed by atoms with van der Waals surface area (Å²) >= 11 is 0. The minimum absolute atomic E-state index is 0.495. The fourth-order valence-electron chi connectivity index (χ4n) is 5.97. The lowest BCUT2D eigenvalue weighted by atomic mass is 9.87. The van der Waals surface area contributed by atoms with Gasteiger partial charge in [0.05, 0.1) is 10.9 Å². The van der Waals surface area contributed by atoms with Crippen molar-refractivity contribution in [2.75, 3.05) is 0 Å². The largest absolute Gasteiger partial charge is 0.455 e. The molecule has 2 heterocycles. The molecule has 0 amide bonds. The molecule has 0 atom stereocenters. The molecule has 0 saturated heterocycles. The van der Waals surface area contributed by atoms with E-state index in [4.69, 9.17) is 4.74 Å². The predicted molar refractivity (Wildman–Crippen MR) is 148 cm³/mol. The lowest BCUT2D eigenvalue weighted by Gasteiger charge is -2.25. The number of aryl methyl sites for hydroxylation is 3. The molecule has 0 bridgehead atoms. The maximum Gasteiger partial charge on any atom is 0.228 e. The van der Waals surface area contributed by atoms with Crippen LogP contribution < -0.4 is 9.30 Å². The van der Waals surface area contributed by atoms with E-state index in [1.165, 1.54) is 65.8 Å². The second-order valence-corrected chi connectivity index (χ2v) is 11.1. The summed E-state index contributed by atoms with van der Waals surface area (Å²) < 4.78 is 9.07. The smallest absolute Gasteiger partial charge is 0.228 e. The van der Waals surface area contributed by atoms with E-state index in [1.54, 1.807) is 0 Å². The Hall–Kier alpha value is -3.39. The van der Waals surface area contributed by atoms with Gasteiger partial charge in [0.2, 0.25) is 5.69 Å². The third-order valence-electron chi connectivity index (χ3n) is 7.82. The van der Waals surface area contributed by atoms with Crippen LogP contribution in [0, 0.1) is 19.8 Å². The third kappa shape index (κ3) is 3.26. The van der Waals surface area contributed by atoms with E-state index in [2.05, 4.69) is 108 Å². The molecule has 1 aliphatic rings. The van der Waals surface area contributed by atoms with Crippen molar-refractivity contribution in [1.29, 1.82) is 0 Å². The highest BCUT2D eigenvalue weighted by Gasteiger charge is 2.32. The van der Waals surface area contributed by atoms with E-state index >= 15 is 0 Å². The minimum atomic E-state index is 0.495. The molecular formula is C33H34NO+. The number of hydrogen-bond donors (Lipinski definition) is 0. The molecule has 0 spiro atoms. The predicted octanol–water partition coefficient (Wildman–Crippen LogP) is 8.68. The van der Waals surface area contributed by atoms with Gasteiger partial charge in [0, 0.05) is 17.0 Å². The molecule has 5 aromatic rings. The Morgan fingerprint density at radius 2 is 1.60 bits per heavy atom. The van der Waals surface area contributed by atoms with Gasteiger partial charge in [-0.2, -0.15) is 0 Å². The van der Waals surface area contributed by atoms with Crippen LogP contribution in [0.1, 0.15) is 55.9 Å². The normalized spacial score (nSPS) is 12.7. The van der Waals surface area contributed by atoms with E-state index in [1.807, 2.05) is 0 Å². The zero-order valence-electron chi connectivity index (χ0n) is 21.9. The Balaban J connectivity index is 1.72. The van der Waals surface area contributed by atoms with Gasteiger partial charge in [0.15, 0.2) is 6.20 Å². The van der Waals surface area contributed by atoms with Crippen molar-refractivity contribution in [2.24, 2.45) is 13.0 Å². The first-order valence-corrected chi connectivity index (χ1v) is 12.9. The summed E-state index contributed by atoms with van der Waals surface area (Å²) in [5.41, 5.74) is 7.78. The van der Waals surface area contributed by atoms with Crippen molar-refractivity contribution in [3.8, 4) is 22.8 Å². The van der Waals surface area contributed by atoms with Crippen molar-refractivity contribution in [2.45, 2.75) is 53.9 Å². The van der Waals surface area contributed by atoms with Gasteiger partial charge in [-0.1, -0.05) is 64.1 Å². The van der Waals surface area contributed by atoms with Gasteiger partial charge in [0.25, 0.3) is 0 Å². The Morgan fingerprint density at radius 3 is 2.34 bits per heavy atom. The van der Waals surface area contributed by atoms with Crippen LogP contribution >= 0.6 is 0 Å². The van der Waals surface area contributed by atoms with E-state index in [-0.39, 0.29) is 0 Å². The van der Waals surface area contributed by atoms with Crippen LogP contribution in [0.3, 0.4) is 0 Å². The quantitative estimate of drug-likeness (QED) is 0.190. The summed E-state index contributed by atoms with van der Waals surface area (Å²) in [6, 6.07) is 18.4. The van der Waals surface area contributed by atoms with Gasteiger partial charge < -0.3 is 4.74 Å². The fourth-order valence-corrected chi connectivity index (χ4v) is 5.97. The summed E-state index contributed by atoms with van der Waals surface area (Å²) in [4.78, 5) is 0. The van der Waals surface area contributed by atoms with Gasteiger partial charge in [-0.3, -0.25) is 0 Å². The number of nitrogens with zero attached hydrogens (tertiary/aromatic N) is 1. The molecule has 176 valence electrons. The Morgan fingerprint density at radius 1 is 0.800 bits per heavy atom. The molecule has 6 rings (SSSR count). The molecule has 0 radical (unpaired) electrons. The number of fused-ring (bicyclic) bond motifs is 5. The molecule has 4 aromatic carbocycles. The number of aromatic nitrogens is 1. The maximum atomic E-state index is 6.79. The maximum absolute atomic E-state index is 6.79. The lowest BCUT2D eigenvalue weighted by molar-refractivity contribution is -0.659. The van der Waals surface area contributed by atoms with Crippen LogP contribution in [-0.2, 0) is 13.5 Å². The SMILES string of the molecule is Cc1c2c(c(C)c3cc(CC(C)C)ccc13)-c1c3c(cc4ccc(C(C)C)cc4c3cc[n+]1C)O2. The van der Waals surface area contributed by atoms with Gasteiger partial charge in [-0.05, 0) is 76.4 Å². The lowest BCUT2D eigenvalue weighted by Crippen LogP contribution is -2.32. The highest BCUT2D eigenvalue weighted by Crippen LogP contribution is 2.51. The molecule has 0 unspecified atom stereocenters. The molecular weight excluding hydrogens is 426 g/mol. The monoisotopic (exact) mass is 460 g/mol. The van der Waals surface area contributed by atoms with Crippen LogP contribution in [0.25, 0.3) is 43.6 Å². The fraction of sp³-hybridized carbons (Fsp3) is 0.303. The van der Waals surface area contributed by atoms with Crippen molar-refractivity contribution < 1.29 is 9.30 Å². The second-order valence-electron chi connectivity index (χ2n) is 11.1. The molecule has 0 fully saturated rings. The number of rotatable bonds is 3.